The van der Waals surface area contributed by atoms with Gasteiger partial charge in [0.15, 0.2) is 0 Å². The Hall–Kier alpha value is -2.08. The molecule has 0 amide bonds. The highest BCUT2D eigenvalue weighted by Crippen LogP contribution is 2.26. The second-order valence-corrected chi connectivity index (χ2v) is 5.20. The molecule has 104 valence electrons. The number of ether oxygens (including phenoxy) is 1. The van der Waals surface area contributed by atoms with E-state index in [1.165, 1.54) is 0 Å². The van der Waals surface area contributed by atoms with Gasteiger partial charge in [-0.05, 0) is 49.8 Å². The van der Waals surface area contributed by atoms with Crippen molar-refractivity contribution in [1.29, 1.82) is 5.26 Å². The van der Waals surface area contributed by atoms with Crippen LogP contribution in [0.25, 0.3) is 0 Å². The fourth-order valence-electron chi connectivity index (χ4n) is 2.47. The van der Waals surface area contributed by atoms with Crippen LogP contribution in [0.15, 0.2) is 36.9 Å². The van der Waals surface area contributed by atoms with Gasteiger partial charge in [-0.2, -0.15) is 5.26 Å². The first-order valence-electron chi connectivity index (χ1n) is 7.03. The third-order valence-corrected chi connectivity index (χ3v) is 3.70. The molecule has 0 spiro atoms. The number of nitrogens with zero attached hydrogens (tertiary/aromatic N) is 1. The van der Waals surface area contributed by atoms with Crippen LogP contribution in [0.2, 0.25) is 0 Å². The highest BCUT2D eigenvalue weighted by Gasteiger charge is 2.24. The topological polar surface area (TPSA) is 50.1 Å². The van der Waals surface area contributed by atoms with Crippen LogP contribution in [0.1, 0.15) is 41.6 Å². The van der Waals surface area contributed by atoms with E-state index in [0.717, 1.165) is 37.7 Å². The molecule has 0 aliphatic heterocycles. The fraction of sp³-hybridized carbons (Fsp3) is 0.412. The standard InChI is InChI=1S/C17H19NO2/c1-2-3-13-4-8-15(9-5-13)17(19)20-16-10-6-14(12-18)7-11-16/h2,4-5,8-9,14,16H,1,3,6-7,10-11H2. The molecule has 3 heteroatoms. The van der Waals surface area contributed by atoms with Gasteiger partial charge in [0, 0.05) is 5.92 Å². The van der Waals surface area contributed by atoms with Gasteiger partial charge < -0.3 is 4.74 Å². The van der Waals surface area contributed by atoms with Gasteiger partial charge in [-0.25, -0.2) is 4.79 Å². The highest BCUT2D eigenvalue weighted by atomic mass is 16.5. The summed E-state index contributed by atoms with van der Waals surface area (Å²) in [7, 11) is 0. The molecule has 20 heavy (non-hydrogen) atoms. The number of nitriles is 1. The summed E-state index contributed by atoms with van der Waals surface area (Å²) in [4.78, 5) is 12.0. The molecule has 1 fully saturated rings. The van der Waals surface area contributed by atoms with Crippen LogP contribution >= 0.6 is 0 Å². The third-order valence-electron chi connectivity index (χ3n) is 3.70. The lowest BCUT2D eigenvalue weighted by Gasteiger charge is -2.24. The number of hydrogen-bond donors (Lipinski definition) is 0. The average molecular weight is 269 g/mol. The SMILES string of the molecule is C=CCc1ccc(C(=O)OC2CCC(C#N)CC2)cc1. The van der Waals surface area contributed by atoms with E-state index in [0.29, 0.717) is 5.56 Å². The lowest BCUT2D eigenvalue weighted by Crippen LogP contribution is -2.24. The first-order valence-corrected chi connectivity index (χ1v) is 7.03. The minimum atomic E-state index is -0.268. The van der Waals surface area contributed by atoms with E-state index < -0.39 is 0 Å². The number of hydrogen-bond acceptors (Lipinski definition) is 3. The molecule has 0 unspecified atom stereocenters. The Labute approximate surface area is 119 Å². The van der Waals surface area contributed by atoms with E-state index in [1.54, 1.807) is 12.1 Å². The van der Waals surface area contributed by atoms with E-state index in [4.69, 9.17) is 10.00 Å². The normalized spacial score (nSPS) is 21.8. The molecule has 0 saturated heterocycles. The molecule has 0 atom stereocenters. The third kappa shape index (κ3) is 3.71. The largest absolute Gasteiger partial charge is 0.459 e. The van der Waals surface area contributed by atoms with Crippen molar-refractivity contribution in [3.8, 4) is 6.07 Å². The maximum Gasteiger partial charge on any atom is 0.338 e. The summed E-state index contributed by atoms with van der Waals surface area (Å²) in [6.07, 6.45) is 5.82. The van der Waals surface area contributed by atoms with Crippen LogP contribution in [0.4, 0.5) is 0 Å². The molecule has 0 heterocycles. The smallest absolute Gasteiger partial charge is 0.338 e. The summed E-state index contributed by atoms with van der Waals surface area (Å²) in [6, 6.07) is 9.71. The van der Waals surface area contributed by atoms with Crippen molar-refractivity contribution in [2.75, 3.05) is 0 Å². The van der Waals surface area contributed by atoms with Gasteiger partial charge in [0.1, 0.15) is 6.10 Å². The summed E-state index contributed by atoms with van der Waals surface area (Å²) in [6.45, 7) is 3.69. The van der Waals surface area contributed by atoms with Crippen molar-refractivity contribution in [2.24, 2.45) is 5.92 Å². The molecular weight excluding hydrogens is 250 g/mol. The maximum absolute atomic E-state index is 12.0. The van der Waals surface area contributed by atoms with Crippen molar-refractivity contribution >= 4 is 5.97 Å². The molecular formula is C17H19NO2. The lowest BCUT2D eigenvalue weighted by molar-refractivity contribution is 0.0187. The predicted octanol–water partition coefficient (Wildman–Crippen LogP) is 3.65. The van der Waals surface area contributed by atoms with Crippen LogP contribution in [-0.2, 0) is 11.2 Å². The van der Waals surface area contributed by atoms with E-state index >= 15 is 0 Å². The molecule has 3 nitrogen and oxygen atoms in total. The molecule has 1 aliphatic carbocycles. The van der Waals surface area contributed by atoms with Crippen molar-refractivity contribution in [2.45, 2.75) is 38.2 Å². The van der Waals surface area contributed by atoms with Gasteiger partial charge in [0.25, 0.3) is 0 Å². The summed E-state index contributed by atoms with van der Waals surface area (Å²) in [5.41, 5.74) is 1.71. The molecule has 1 aliphatic rings. The molecule has 1 aromatic carbocycles. The van der Waals surface area contributed by atoms with Crippen molar-refractivity contribution in [3.05, 3.63) is 48.0 Å². The minimum absolute atomic E-state index is 0.0417. The number of rotatable bonds is 4. The van der Waals surface area contributed by atoms with Crippen LogP contribution in [0.5, 0.6) is 0 Å². The van der Waals surface area contributed by atoms with Crippen LogP contribution in [0.3, 0.4) is 0 Å². The summed E-state index contributed by atoms with van der Waals surface area (Å²) >= 11 is 0. The van der Waals surface area contributed by atoms with E-state index in [2.05, 4.69) is 12.6 Å². The quantitative estimate of drug-likeness (QED) is 0.619. The number of carbonyl (C=O) groups is 1. The first kappa shape index (κ1) is 14.3. The minimum Gasteiger partial charge on any atom is -0.459 e. The lowest BCUT2D eigenvalue weighted by atomic mass is 9.88. The highest BCUT2D eigenvalue weighted by molar-refractivity contribution is 5.89. The molecule has 2 rings (SSSR count). The molecule has 1 saturated carbocycles. The van der Waals surface area contributed by atoms with Gasteiger partial charge in [-0.1, -0.05) is 18.2 Å². The Morgan fingerprint density at radius 2 is 1.95 bits per heavy atom. The average Bonchev–Trinajstić information content (AvgIpc) is 2.49. The maximum atomic E-state index is 12.0. The van der Waals surface area contributed by atoms with Gasteiger partial charge in [-0.3, -0.25) is 0 Å². The van der Waals surface area contributed by atoms with Crippen molar-refractivity contribution in [1.82, 2.24) is 0 Å². The van der Waals surface area contributed by atoms with Gasteiger partial charge in [-0.15, -0.1) is 6.58 Å². The second kappa shape index (κ2) is 6.91. The van der Waals surface area contributed by atoms with Gasteiger partial charge in [0.2, 0.25) is 0 Å². The van der Waals surface area contributed by atoms with E-state index in [-0.39, 0.29) is 18.0 Å². The van der Waals surface area contributed by atoms with Crippen molar-refractivity contribution < 1.29 is 9.53 Å². The summed E-state index contributed by atoms with van der Waals surface area (Å²) in [5.74, 6) is -0.140. The van der Waals surface area contributed by atoms with E-state index in [9.17, 15) is 4.79 Å². The first-order chi connectivity index (χ1) is 9.72. The zero-order valence-electron chi connectivity index (χ0n) is 11.5. The number of esters is 1. The monoisotopic (exact) mass is 269 g/mol. The molecule has 1 aromatic rings. The number of carbonyl (C=O) groups excluding carboxylic acids is 1. The van der Waals surface area contributed by atoms with Gasteiger partial charge in [0.05, 0.1) is 11.6 Å². The Morgan fingerprint density at radius 3 is 2.50 bits per heavy atom. The van der Waals surface area contributed by atoms with Gasteiger partial charge >= 0.3 is 5.97 Å². The second-order valence-electron chi connectivity index (χ2n) is 5.20. The molecule has 0 N–H and O–H groups in total. The van der Waals surface area contributed by atoms with Crippen LogP contribution < -0.4 is 0 Å². The molecule has 0 bridgehead atoms. The Kier molecular flexibility index (Phi) is 4.95. The Bertz CT molecular complexity index is 505. The van der Waals surface area contributed by atoms with Crippen molar-refractivity contribution in [3.63, 3.8) is 0 Å². The van der Waals surface area contributed by atoms with Crippen LogP contribution in [0, 0.1) is 17.2 Å². The molecule has 0 aromatic heterocycles. The number of benzene rings is 1. The summed E-state index contributed by atoms with van der Waals surface area (Å²) < 4.78 is 5.50. The van der Waals surface area contributed by atoms with Crippen LogP contribution in [-0.4, -0.2) is 12.1 Å². The number of allylic oxidation sites excluding steroid dienone is 1. The summed E-state index contributed by atoms with van der Waals surface area (Å²) in [5, 5.41) is 8.84. The zero-order chi connectivity index (χ0) is 14.4. The fourth-order valence-corrected chi connectivity index (χ4v) is 2.47. The Balaban J connectivity index is 1.89. The molecule has 0 radical (unpaired) electrons. The zero-order valence-corrected chi connectivity index (χ0v) is 11.5. The predicted molar refractivity (Wildman–Crippen MR) is 77.1 cm³/mol. The Morgan fingerprint density at radius 1 is 1.30 bits per heavy atom. The van der Waals surface area contributed by atoms with E-state index in [1.807, 2.05) is 18.2 Å².